The molecule has 0 saturated heterocycles. The van der Waals surface area contributed by atoms with Crippen LogP contribution in [0.25, 0.3) is 0 Å². The number of hydrogen-bond donors (Lipinski definition) is 0. The Morgan fingerprint density at radius 1 is 0.407 bits per heavy atom. The van der Waals surface area contributed by atoms with Gasteiger partial charge in [0.1, 0.15) is 13.2 Å². The zero-order valence-electron chi connectivity index (χ0n) is 34.4. The van der Waals surface area contributed by atoms with Crippen molar-refractivity contribution in [1.82, 2.24) is 0 Å². The van der Waals surface area contributed by atoms with Crippen molar-refractivity contribution in [3.8, 4) is 0 Å². The van der Waals surface area contributed by atoms with Crippen LogP contribution in [0.4, 0.5) is 0 Å². The van der Waals surface area contributed by atoms with Gasteiger partial charge in [0, 0.05) is 19.3 Å². The van der Waals surface area contributed by atoms with Crippen molar-refractivity contribution >= 4 is 17.9 Å². The molecule has 0 fully saturated rings. The average Bonchev–Trinajstić information content (AvgIpc) is 3.17. The topological polar surface area (TPSA) is 78.9 Å². The predicted molar refractivity (Wildman–Crippen MR) is 228 cm³/mol. The molecule has 0 aliphatic rings. The number of ether oxygens (including phenoxy) is 3. The molecule has 0 aliphatic carbocycles. The van der Waals surface area contributed by atoms with Crippen LogP contribution in [0.5, 0.6) is 0 Å². The van der Waals surface area contributed by atoms with Crippen LogP contribution in [0.1, 0.15) is 168 Å². The van der Waals surface area contributed by atoms with Crippen molar-refractivity contribution in [2.75, 3.05) is 13.2 Å². The molecule has 0 bridgehead atoms. The van der Waals surface area contributed by atoms with Gasteiger partial charge in [-0.1, -0.05) is 157 Å². The smallest absolute Gasteiger partial charge is 0.306 e. The maximum Gasteiger partial charge on any atom is 0.306 e. The number of carbonyl (C=O) groups is 3. The predicted octanol–water partition coefficient (Wildman–Crippen LogP) is 13.5. The lowest BCUT2D eigenvalue weighted by molar-refractivity contribution is -0.167. The summed E-state index contributed by atoms with van der Waals surface area (Å²) in [5.41, 5.74) is 0. The lowest BCUT2D eigenvalue weighted by Crippen LogP contribution is -2.30. The van der Waals surface area contributed by atoms with Crippen LogP contribution in [-0.2, 0) is 28.6 Å². The normalized spacial score (nSPS) is 13.0. The van der Waals surface area contributed by atoms with Gasteiger partial charge in [0.05, 0.1) is 0 Å². The molecule has 0 rings (SSSR count). The summed E-state index contributed by atoms with van der Waals surface area (Å²) in [6, 6.07) is 0. The van der Waals surface area contributed by atoms with Gasteiger partial charge in [-0.05, 0) is 89.9 Å². The van der Waals surface area contributed by atoms with Crippen LogP contribution >= 0.6 is 0 Å². The van der Waals surface area contributed by atoms with Gasteiger partial charge in [0.25, 0.3) is 0 Å². The molecular formula is C48H76O6. The highest BCUT2D eigenvalue weighted by Gasteiger charge is 2.19. The van der Waals surface area contributed by atoms with Gasteiger partial charge in [-0.15, -0.1) is 0 Å². The van der Waals surface area contributed by atoms with E-state index in [1.165, 1.54) is 25.7 Å². The molecule has 1 unspecified atom stereocenters. The minimum atomic E-state index is -0.816. The van der Waals surface area contributed by atoms with Crippen LogP contribution in [0.3, 0.4) is 0 Å². The second kappa shape index (κ2) is 42.1. The second-order valence-electron chi connectivity index (χ2n) is 13.6. The van der Waals surface area contributed by atoms with E-state index >= 15 is 0 Å². The maximum absolute atomic E-state index is 12.7. The number of rotatable bonds is 36. The summed E-state index contributed by atoms with van der Waals surface area (Å²) < 4.78 is 16.6. The fourth-order valence-corrected chi connectivity index (χ4v) is 5.23. The molecular weight excluding hydrogens is 673 g/mol. The molecule has 1 atom stereocenters. The fraction of sp³-hybridized carbons (Fsp3) is 0.604. The molecule has 6 heteroatoms. The largest absolute Gasteiger partial charge is 0.462 e. The molecule has 0 heterocycles. The first-order valence-electron chi connectivity index (χ1n) is 21.3. The Labute approximate surface area is 330 Å². The molecule has 0 aromatic heterocycles. The van der Waals surface area contributed by atoms with Crippen molar-refractivity contribution in [3.05, 3.63) is 97.2 Å². The van der Waals surface area contributed by atoms with E-state index in [0.717, 1.165) is 89.9 Å². The van der Waals surface area contributed by atoms with Crippen LogP contribution in [0.2, 0.25) is 0 Å². The molecule has 54 heavy (non-hydrogen) atoms. The molecule has 0 aliphatic heterocycles. The Morgan fingerprint density at radius 2 is 0.833 bits per heavy atom. The van der Waals surface area contributed by atoms with Gasteiger partial charge in [0.2, 0.25) is 0 Å². The third-order valence-corrected chi connectivity index (χ3v) is 8.40. The van der Waals surface area contributed by atoms with Crippen molar-refractivity contribution in [2.24, 2.45) is 0 Å². The van der Waals surface area contributed by atoms with E-state index in [1.54, 1.807) is 0 Å². The van der Waals surface area contributed by atoms with E-state index in [0.29, 0.717) is 25.7 Å². The van der Waals surface area contributed by atoms with Gasteiger partial charge >= 0.3 is 17.9 Å². The number of allylic oxidation sites excluding steroid dienone is 16. The quantitative estimate of drug-likeness (QED) is 0.0209. The van der Waals surface area contributed by atoms with E-state index in [1.807, 2.05) is 24.3 Å². The molecule has 0 amide bonds. The van der Waals surface area contributed by atoms with Crippen LogP contribution in [0, 0.1) is 0 Å². The molecule has 0 aromatic carbocycles. The first kappa shape index (κ1) is 50.3. The van der Waals surface area contributed by atoms with Crippen molar-refractivity contribution in [3.63, 3.8) is 0 Å². The highest BCUT2D eigenvalue weighted by molar-refractivity contribution is 5.71. The van der Waals surface area contributed by atoms with Crippen LogP contribution in [0.15, 0.2) is 97.2 Å². The van der Waals surface area contributed by atoms with Crippen LogP contribution < -0.4 is 0 Å². The van der Waals surface area contributed by atoms with E-state index in [9.17, 15) is 14.4 Å². The second-order valence-corrected chi connectivity index (χ2v) is 13.6. The van der Waals surface area contributed by atoms with Gasteiger partial charge in [-0.3, -0.25) is 14.4 Å². The summed E-state index contributed by atoms with van der Waals surface area (Å²) in [4.78, 5) is 37.6. The summed E-state index contributed by atoms with van der Waals surface area (Å²) in [6.45, 7) is 6.22. The molecule has 0 saturated carbocycles. The molecule has 0 aromatic rings. The van der Waals surface area contributed by atoms with E-state index in [2.05, 4.69) is 93.7 Å². The standard InChI is InChI=1S/C48H76O6/c1-4-7-10-13-16-19-21-23-24-25-27-29-32-35-38-41-47(50)53-44-45(43-52-46(49)40-37-34-31-28-18-15-12-9-6-3)54-48(51)42-39-36-33-30-26-22-20-17-14-11-8-5-2/h7-8,10-11,13,16-17,19-21,23-24,26,28,30-31,45H,4-6,9,12,14-15,18,22,25,27,29,32-44H2,1-3H3/b10-7-,11-8-,16-13-,20-17-,21-19-,24-23-,30-26-,31-28-. The SMILES string of the molecule is CC\C=C/C=C\C=C/C=C\CCCCCCCC(=O)OCC(COC(=O)CCC/C=C\CCCCCC)OC(=O)CCCC/C=C\C/C=C\C/C=C\CC. The summed E-state index contributed by atoms with van der Waals surface area (Å²) in [7, 11) is 0. The van der Waals surface area contributed by atoms with Gasteiger partial charge in [-0.25, -0.2) is 0 Å². The van der Waals surface area contributed by atoms with Crippen molar-refractivity contribution < 1.29 is 28.6 Å². The Kier molecular flexibility index (Phi) is 39.2. The number of carbonyl (C=O) groups excluding carboxylic acids is 3. The fourth-order valence-electron chi connectivity index (χ4n) is 5.23. The van der Waals surface area contributed by atoms with Crippen molar-refractivity contribution in [2.45, 2.75) is 175 Å². The molecule has 304 valence electrons. The number of unbranched alkanes of at least 4 members (excludes halogenated alkanes) is 12. The summed E-state index contributed by atoms with van der Waals surface area (Å²) >= 11 is 0. The Hall–Kier alpha value is -3.67. The Balaban J connectivity index is 4.51. The summed E-state index contributed by atoms with van der Waals surface area (Å²) in [5, 5.41) is 0. The lowest BCUT2D eigenvalue weighted by atomic mass is 10.1. The van der Waals surface area contributed by atoms with Gasteiger partial charge < -0.3 is 14.2 Å². The van der Waals surface area contributed by atoms with E-state index < -0.39 is 6.10 Å². The first-order valence-corrected chi connectivity index (χ1v) is 21.3. The third-order valence-electron chi connectivity index (χ3n) is 8.40. The number of hydrogen-bond acceptors (Lipinski definition) is 6. The Morgan fingerprint density at radius 3 is 1.48 bits per heavy atom. The molecule has 6 nitrogen and oxygen atoms in total. The van der Waals surface area contributed by atoms with Crippen molar-refractivity contribution in [1.29, 1.82) is 0 Å². The summed E-state index contributed by atoms with van der Waals surface area (Å²) in [6.07, 6.45) is 54.0. The minimum Gasteiger partial charge on any atom is -0.462 e. The lowest BCUT2D eigenvalue weighted by Gasteiger charge is -2.18. The average molecular weight is 749 g/mol. The van der Waals surface area contributed by atoms with Crippen LogP contribution in [-0.4, -0.2) is 37.2 Å². The zero-order chi connectivity index (χ0) is 39.4. The number of esters is 3. The highest BCUT2D eigenvalue weighted by Crippen LogP contribution is 2.11. The molecule has 0 spiro atoms. The monoisotopic (exact) mass is 749 g/mol. The first-order chi connectivity index (χ1) is 26.5. The van der Waals surface area contributed by atoms with E-state index in [4.69, 9.17) is 14.2 Å². The minimum absolute atomic E-state index is 0.116. The zero-order valence-corrected chi connectivity index (χ0v) is 34.4. The third kappa shape index (κ3) is 39.5. The Bertz CT molecular complexity index is 1140. The summed E-state index contributed by atoms with van der Waals surface area (Å²) in [5.74, 6) is -1.03. The maximum atomic E-state index is 12.7. The van der Waals surface area contributed by atoms with E-state index in [-0.39, 0.29) is 37.5 Å². The molecule has 0 radical (unpaired) electrons. The van der Waals surface area contributed by atoms with Gasteiger partial charge in [-0.2, -0.15) is 0 Å². The van der Waals surface area contributed by atoms with Gasteiger partial charge in [0.15, 0.2) is 6.10 Å². The highest BCUT2D eigenvalue weighted by atomic mass is 16.6. The molecule has 0 N–H and O–H groups in total.